The van der Waals surface area contributed by atoms with Crippen LogP contribution in [0.4, 0.5) is 5.69 Å². The van der Waals surface area contributed by atoms with Crippen LogP contribution in [0.1, 0.15) is 35.0 Å². The van der Waals surface area contributed by atoms with Crippen molar-refractivity contribution in [1.82, 2.24) is 9.78 Å². The van der Waals surface area contributed by atoms with Gasteiger partial charge in [0.05, 0.1) is 16.4 Å². The zero-order chi connectivity index (χ0) is 19.6. The van der Waals surface area contributed by atoms with Crippen molar-refractivity contribution in [2.75, 3.05) is 12.4 Å². The molecular weight excluding hydrogens is 358 g/mol. The van der Waals surface area contributed by atoms with Crippen LogP contribution in [0.3, 0.4) is 0 Å². The molecule has 0 bridgehead atoms. The van der Waals surface area contributed by atoms with Crippen molar-refractivity contribution in [2.24, 2.45) is 0 Å². The van der Waals surface area contributed by atoms with E-state index in [1.807, 2.05) is 36.9 Å². The van der Waals surface area contributed by atoms with Crippen molar-refractivity contribution in [1.29, 1.82) is 0 Å². The summed E-state index contributed by atoms with van der Waals surface area (Å²) < 4.78 is 7.98. The maximum absolute atomic E-state index is 6.51. The number of anilines is 1. The predicted octanol–water partition coefficient (Wildman–Crippen LogP) is 5.63. The summed E-state index contributed by atoms with van der Waals surface area (Å²) in [6.45, 7) is 8.78. The molecule has 0 unspecified atom stereocenters. The first-order chi connectivity index (χ1) is 13.0. The molecule has 0 aliphatic carbocycles. The Hall–Kier alpha value is -2.46. The van der Waals surface area contributed by atoms with Crippen LogP contribution in [0.5, 0.6) is 5.75 Å². The third-order valence-corrected chi connectivity index (χ3v) is 5.40. The van der Waals surface area contributed by atoms with Gasteiger partial charge in [0.1, 0.15) is 12.4 Å². The molecule has 4 nitrogen and oxygen atoms in total. The fourth-order valence-corrected chi connectivity index (χ4v) is 3.46. The lowest BCUT2D eigenvalue weighted by Gasteiger charge is -2.16. The number of aromatic nitrogens is 2. The first kappa shape index (κ1) is 19.3. The Morgan fingerprint density at radius 3 is 2.52 bits per heavy atom. The van der Waals surface area contributed by atoms with Gasteiger partial charge < -0.3 is 10.1 Å². The minimum atomic E-state index is 0.471. The summed E-state index contributed by atoms with van der Waals surface area (Å²) in [5.74, 6) is 0.673. The van der Waals surface area contributed by atoms with Crippen LogP contribution in [0.2, 0.25) is 5.02 Å². The first-order valence-electron chi connectivity index (χ1n) is 9.20. The molecular formula is C22H26ClN3O. The van der Waals surface area contributed by atoms with Gasteiger partial charge in [0.25, 0.3) is 0 Å². The summed E-state index contributed by atoms with van der Waals surface area (Å²) in [4.78, 5) is 0. The Kier molecular flexibility index (Phi) is 5.76. The van der Waals surface area contributed by atoms with Crippen LogP contribution >= 0.6 is 11.6 Å². The summed E-state index contributed by atoms with van der Waals surface area (Å²) in [5, 5.41) is 8.42. The number of aryl methyl sites for hydroxylation is 2. The van der Waals surface area contributed by atoms with Crippen molar-refractivity contribution in [3.8, 4) is 11.4 Å². The fraction of sp³-hybridized carbons (Fsp3) is 0.318. The zero-order valence-electron chi connectivity index (χ0n) is 16.6. The van der Waals surface area contributed by atoms with E-state index in [9.17, 15) is 0 Å². The molecule has 0 radical (unpaired) electrons. The van der Waals surface area contributed by atoms with Gasteiger partial charge in [-0.25, -0.2) is 4.68 Å². The molecule has 27 heavy (non-hydrogen) atoms. The van der Waals surface area contributed by atoms with Gasteiger partial charge >= 0.3 is 0 Å². The standard InChI is InChI=1S/C22H26ClN3O/c1-6-17-8-7-9-21(24-5)19(17)13-27-22-11-10-18(12-20(22)23)26-16(4)14(2)15(3)25-26/h7-12,24H,6,13H2,1-5H3. The Balaban J connectivity index is 1.85. The highest BCUT2D eigenvalue weighted by Crippen LogP contribution is 2.30. The molecule has 2 aromatic carbocycles. The lowest BCUT2D eigenvalue weighted by Crippen LogP contribution is -2.05. The number of nitrogens with zero attached hydrogens (tertiary/aromatic N) is 2. The van der Waals surface area contributed by atoms with Crippen LogP contribution in [-0.2, 0) is 13.0 Å². The number of hydrogen-bond acceptors (Lipinski definition) is 3. The number of halogens is 1. The number of nitrogens with one attached hydrogen (secondary N) is 1. The molecule has 1 N–H and O–H groups in total. The summed E-state index contributed by atoms with van der Waals surface area (Å²) in [5.41, 5.74) is 7.80. The highest BCUT2D eigenvalue weighted by Gasteiger charge is 2.12. The number of ether oxygens (including phenoxy) is 1. The van der Waals surface area contributed by atoms with Crippen LogP contribution in [0.25, 0.3) is 5.69 Å². The van der Waals surface area contributed by atoms with Gasteiger partial charge in [-0.2, -0.15) is 5.10 Å². The lowest BCUT2D eigenvalue weighted by molar-refractivity contribution is 0.306. The second kappa shape index (κ2) is 8.05. The molecule has 142 valence electrons. The normalized spacial score (nSPS) is 10.9. The average molecular weight is 384 g/mol. The highest BCUT2D eigenvalue weighted by atomic mass is 35.5. The van der Waals surface area contributed by atoms with Crippen molar-refractivity contribution in [2.45, 2.75) is 40.7 Å². The van der Waals surface area contributed by atoms with Crippen molar-refractivity contribution >= 4 is 17.3 Å². The van der Waals surface area contributed by atoms with Gasteiger partial charge in [-0.3, -0.25) is 0 Å². The molecule has 1 heterocycles. The molecule has 0 amide bonds. The fourth-order valence-electron chi connectivity index (χ4n) is 3.23. The molecule has 1 aromatic heterocycles. The Morgan fingerprint density at radius 1 is 1.15 bits per heavy atom. The van der Waals surface area contributed by atoms with E-state index in [1.165, 1.54) is 11.1 Å². The lowest BCUT2D eigenvalue weighted by atomic mass is 10.0. The van der Waals surface area contributed by atoms with Gasteiger partial charge in [0.15, 0.2) is 0 Å². The van der Waals surface area contributed by atoms with Gasteiger partial charge in [-0.1, -0.05) is 30.7 Å². The van der Waals surface area contributed by atoms with Crippen molar-refractivity contribution in [3.63, 3.8) is 0 Å². The largest absolute Gasteiger partial charge is 0.487 e. The summed E-state index contributed by atoms with van der Waals surface area (Å²) in [6.07, 6.45) is 0.957. The van der Waals surface area contributed by atoms with E-state index in [1.54, 1.807) is 0 Å². The smallest absolute Gasteiger partial charge is 0.138 e. The van der Waals surface area contributed by atoms with E-state index < -0.39 is 0 Å². The van der Waals surface area contributed by atoms with Gasteiger partial charge in [0, 0.05) is 24.0 Å². The third-order valence-electron chi connectivity index (χ3n) is 5.11. The number of hydrogen-bond donors (Lipinski definition) is 1. The summed E-state index contributed by atoms with van der Waals surface area (Å²) in [6, 6.07) is 12.1. The number of benzene rings is 2. The van der Waals surface area contributed by atoms with E-state index in [2.05, 4.69) is 49.4 Å². The predicted molar refractivity (Wildman–Crippen MR) is 112 cm³/mol. The third kappa shape index (κ3) is 3.81. The molecule has 0 fully saturated rings. The molecule has 0 saturated heterocycles. The monoisotopic (exact) mass is 383 g/mol. The van der Waals surface area contributed by atoms with Gasteiger partial charge in [-0.05, 0) is 62.6 Å². The van der Waals surface area contributed by atoms with E-state index in [4.69, 9.17) is 16.3 Å². The molecule has 0 spiro atoms. The van der Waals surface area contributed by atoms with E-state index in [0.717, 1.165) is 34.7 Å². The van der Waals surface area contributed by atoms with E-state index in [0.29, 0.717) is 17.4 Å². The van der Waals surface area contributed by atoms with E-state index in [-0.39, 0.29) is 0 Å². The molecule has 0 saturated carbocycles. The van der Waals surface area contributed by atoms with Crippen molar-refractivity contribution < 1.29 is 4.74 Å². The minimum absolute atomic E-state index is 0.471. The summed E-state index contributed by atoms with van der Waals surface area (Å²) >= 11 is 6.51. The molecule has 0 aliphatic heterocycles. The second-order valence-electron chi connectivity index (χ2n) is 6.66. The van der Waals surface area contributed by atoms with Crippen LogP contribution < -0.4 is 10.1 Å². The Labute approximate surface area is 166 Å². The van der Waals surface area contributed by atoms with Gasteiger partial charge in [-0.15, -0.1) is 0 Å². The summed E-state index contributed by atoms with van der Waals surface area (Å²) in [7, 11) is 1.93. The Morgan fingerprint density at radius 2 is 1.93 bits per heavy atom. The topological polar surface area (TPSA) is 39.1 Å². The average Bonchev–Trinajstić information content (AvgIpc) is 2.94. The molecule has 0 atom stereocenters. The van der Waals surface area contributed by atoms with Crippen molar-refractivity contribution in [3.05, 3.63) is 69.5 Å². The quantitative estimate of drug-likeness (QED) is 0.599. The molecule has 3 aromatic rings. The number of rotatable bonds is 6. The Bertz CT molecular complexity index is 940. The molecule has 0 aliphatic rings. The molecule has 5 heteroatoms. The van der Waals surface area contributed by atoms with Crippen LogP contribution in [0, 0.1) is 20.8 Å². The van der Waals surface area contributed by atoms with Gasteiger partial charge in [0.2, 0.25) is 0 Å². The highest BCUT2D eigenvalue weighted by molar-refractivity contribution is 6.32. The maximum atomic E-state index is 6.51. The first-order valence-corrected chi connectivity index (χ1v) is 9.58. The minimum Gasteiger partial charge on any atom is -0.487 e. The van der Waals surface area contributed by atoms with Crippen LogP contribution in [-0.4, -0.2) is 16.8 Å². The zero-order valence-corrected chi connectivity index (χ0v) is 17.3. The maximum Gasteiger partial charge on any atom is 0.138 e. The second-order valence-corrected chi connectivity index (χ2v) is 7.07. The van der Waals surface area contributed by atoms with E-state index >= 15 is 0 Å². The molecule has 3 rings (SSSR count). The SMILES string of the molecule is CCc1cccc(NC)c1COc1ccc(-n2nc(C)c(C)c2C)cc1Cl. The van der Waals surface area contributed by atoms with Crippen LogP contribution in [0.15, 0.2) is 36.4 Å².